The molecule has 0 heterocycles. The summed E-state index contributed by atoms with van der Waals surface area (Å²) in [4.78, 5) is 0. The third-order valence-corrected chi connectivity index (χ3v) is 3.71. The van der Waals surface area contributed by atoms with Gasteiger partial charge in [-0.3, -0.25) is 0 Å². The first-order chi connectivity index (χ1) is 8.24. The lowest BCUT2D eigenvalue weighted by atomic mass is 9.84. The van der Waals surface area contributed by atoms with Gasteiger partial charge in [-0.1, -0.05) is 44.2 Å². The predicted octanol–water partition coefficient (Wildman–Crippen LogP) is 3.70. The molecule has 94 valence electrons. The molecular weight excluding hydrogens is 215 g/mol. The lowest BCUT2D eigenvalue weighted by Gasteiger charge is -2.24. The predicted molar refractivity (Wildman–Crippen MR) is 67.3 cm³/mol. The summed E-state index contributed by atoms with van der Waals surface area (Å²) in [5, 5.41) is 10.0. The average molecular weight is 236 g/mol. The maximum atomic E-state index is 12.7. The second kappa shape index (κ2) is 6.15. The smallest absolute Gasteiger partial charge is 0.123 e. The van der Waals surface area contributed by atoms with Crippen LogP contribution in [-0.2, 0) is 6.42 Å². The Labute approximate surface area is 103 Å². The first-order valence-corrected chi connectivity index (χ1v) is 6.66. The number of hydrogen-bond acceptors (Lipinski definition) is 1. The lowest BCUT2D eigenvalue weighted by molar-refractivity contribution is 0.130. The highest BCUT2D eigenvalue weighted by Crippen LogP contribution is 2.28. The van der Waals surface area contributed by atoms with Crippen LogP contribution >= 0.6 is 0 Å². The highest BCUT2D eigenvalue weighted by atomic mass is 19.1. The Morgan fingerprint density at radius 1 is 1.12 bits per heavy atom. The lowest BCUT2D eigenvalue weighted by Crippen LogP contribution is -2.18. The van der Waals surface area contributed by atoms with E-state index in [4.69, 9.17) is 0 Å². The van der Waals surface area contributed by atoms with Crippen LogP contribution in [0.5, 0.6) is 0 Å². The van der Waals surface area contributed by atoms with Gasteiger partial charge in [-0.05, 0) is 36.5 Å². The highest BCUT2D eigenvalue weighted by Gasteiger charge is 2.17. The van der Waals surface area contributed by atoms with Crippen molar-refractivity contribution in [3.8, 4) is 0 Å². The minimum atomic E-state index is -0.274. The maximum Gasteiger partial charge on any atom is 0.123 e. The molecule has 0 spiro atoms. The number of hydrogen-bond donors (Lipinski definition) is 1. The van der Waals surface area contributed by atoms with Crippen LogP contribution in [0.1, 0.15) is 44.1 Å². The fourth-order valence-electron chi connectivity index (χ4n) is 2.78. The quantitative estimate of drug-likeness (QED) is 0.845. The Morgan fingerprint density at radius 3 is 2.41 bits per heavy atom. The molecule has 0 aliphatic heterocycles. The van der Waals surface area contributed by atoms with Gasteiger partial charge < -0.3 is 5.11 Å². The molecule has 1 aromatic rings. The zero-order chi connectivity index (χ0) is 12.1. The van der Waals surface area contributed by atoms with E-state index in [2.05, 4.69) is 0 Å². The molecule has 2 rings (SSSR count). The number of aliphatic hydroxyl groups is 1. The second-order valence-corrected chi connectivity index (χ2v) is 5.22. The number of rotatable bonds is 4. The molecule has 0 radical (unpaired) electrons. The summed E-state index contributed by atoms with van der Waals surface area (Å²) in [5.74, 6) is 0.481. The summed E-state index contributed by atoms with van der Waals surface area (Å²) >= 11 is 0. The summed E-state index contributed by atoms with van der Waals surface area (Å²) in [7, 11) is 0. The number of aliphatic hydroxyl groups excluding tert-OH is 1. The minimum Gasteiger partial charge on any atom is -0.393 e. The molecular formula is C15H21FO. The third kappa shape index (κ3) is 4.12. The zero-order valence-corrected chi connectivity index (χ0v) is 10.2. The van der Waals surface area contributed by atoms with Crippen LogP contribution in [0.25, 0.3) is 0 Å². The molecule has 1 aliphatic rings. The zero-order valence-electron chi connectivity index (χ0n) is 10.2. The molecule has 1 N–H and O–H groups in total. The van der Waals surface area contributed by atoms with Crippen LogP contribution in [0.15, 0.2) is 24.3 Å². The van der Waals surface area contributed by atoms with Crippen LogP contribution in [0.2, 0.25) is 0 Å². The third-order valence-electron chi connectivity index (χ3n) is 3.71. The summed E-state index contributed by atoms with van der Waals surface area (Å²) in [6, 6.07) is 6.45. The summed E-state index contributed by atoms with van der Waals surface area (Å²) in [6.45, 7) is 0. The van der Waals surface area contributed by atoms with Gasteiger partial charge in [0, 0.05) is 0 Å². The van der Waals surface area contributed by atoms with Crippen molar-refractivity contribution in [2.24, 2.45) is 5.92 Å². The van der Waals surface area contributed by atoms with Gasteiger partial charge in [0.05, 0.1) is 6.10 Å². The van der Waals surface area contributed by atoms with E-state index in [1.54, 1.807) is 12.1 Å². The molecule has 0 bridgehead atoms. The summed E-state index contributed by atoms with van der Waals surface area (Å²) in [6.07, 6.45) is 7.78. The molecule has 0 aromatic heterocycles. The van der Waals surface area contributed by atoms with Gasteiger partial charge in [0.1, 0.15) is 5.82 Å². The van der Waals surface area contributed by atoms with Crippen molar-refractivity contribution in [2.75, 3.05) is 0 Å². The van der Waals surface area contributed by atoms with Crippen molar-refractivity contribution in [3.63, 3.8) is 0 Å². The molecule has 1 fully saturated rings. The molecule has 1 aromatic carbocycles. The van der Waals surface area contributed by atoms with Crippen LogP contribution in [0.4, 0.5) is 4.39 Å². The van der Waals surface area contributed by atoms with E-state index in [9.17, 15) is 9.50 Å². The van der Waals surface area contributed by atoms with Gasteiger partial charge in [0.25, 0.3) is 0 Å². The van der Waals surface area contributed by atoms with Crippen LogP contribution in [-0.4, -0.2) is 11.2 Å². The SMILES string of the molecule is OC(Cc1ccc(F)cc1)CC1CCCCC1. The van der Waals surface area contributed by atoms with Gasteiger partial charge in [0.15, 0.2) is 0 Å². The van der Waals surface area contributed by atoms with Crippen LogP contribution < -0.4 is 0 Å². The monoisotopic (exact) mass is 236 g/mol. The van der Waals surface area contributed by atoms with Crippen LogP contribution in [0.3, 0.4) is 0 Å². The van der Waals surface area contributed by atoms with Crippen molar-refractivity contribution in [1.29, 1.82) is 0 Å². The van der Waals surface area contributed by atoms with Crippen molar-refractivity contribution >= 4 is 0 Å². The van der Waals surface area contributed by atoms with E-state index in [-0.39, 0.29) is 11.9 Å². The maximum absolute atomic E-state index is 12.7. The van der Waals surface area contributed by atoms with Gasteiger partial charge in [0.2, 0.25) is 0 Å². The van der Waals surface area contributed by atoms with Crippen molar-refractivity contribution in [1.82, 2.24) is 0 Å². The normalized spacial score (nSPS) is 19.2. The molecule has 0 saturated heterocycles. The molecule has 1 unspecified atom stereocenters. The second-order valence-electron chi connectivity index (χ2n) is 5.22. The fraction of sp³-hybridized carbons (Fsp3) is 0.600. The van der Waals surface area contributed by atoms with Crippen molar-refractivity contribution < 1.29 is 9.50 Å². The van der Waals surface area contributed by atoms with Gasteiger partial charge in [-0.25, -0.2) is 4.39 Å². The van der Waals surface area contributed by atoms with Gasteiger partial charge in [-0.2, -0.15) is 0 Å². The van der Waals surface area contributed by atoms with E-state index in [0.717, 1.165) is 12.0 Å². The van der Waals surface area contributed by atoms with Gasteiger partial charge >= 0.3 is 0 Å². The Bertz CT molecular complexity index is 327. The van der Waals surface area contributed by atoms with E-state index >= 15 is 0 Å². The molecule has 1 aliphatic carbocycles. The molecule has 1 nitrogen and oxygen atoms in total. The van der Waals surface area contributed by atoms with E-state index in [1.807, 2.05) is 0 Å². The molecule has 2 heteroatoms. The first-order valence-electron chi connectivity index (χ1n) is 6.66. The van der Waals surface area contributed by atoms with Gasteiger partial charge in [-0.15, -0.1) is 0 Å². The first kappa shape index (κ1) is 12.6. The van der Waals surface area contributed by atoms with Crippen molar-refractivity contribution in [2.45, 2.75) is 51.0 Å². The molecule has 1 atom stereocenters. The van der Waals surface area contributed by atoms with E-state index < -0.39 is 0 Å². The summed E-state index contributed by atoms with van der Waals surface area (Å²) < 4.78 is 12.7. The van der Waals surface area contributed by atoms with E-state index in [0.29, 0.717) is 12.3 Å². The Hall–Kier alpha value is -0.890. The number of benzene rings is 1. The summed E-state index contributed by atoms with van der Waals surface area (Å²) in [5.41, 5.74) is 1.02. The largest absolute Gasteiger partial charge is 0.393 e. The number of halogens is 1. The Morgan fingerprint density at radius 2 is 1.76 bits per heavy atom. The standard InChI is InChI=1S/C15H21FO/c16-14-8-6-13(7-9-14)11-15(17)10-12-4-2-1-3-5-12/h6-9,12,15,17H,1-5,10-11H2. The van der Waals surface area contributed by atoms with Crippen LogP contribution in [0, 0.1) is 11.7 Å². The topological polar surface area (TPSA) is 20.2 Å². The minimum absolute atomic E-state index is 0.212. The highest BCUT2D eigenvalue weighted by molar-refractivity contribution is 5.16. The molecule has 1 saturated carbocycles. The Balaban J connectivity index is 1.79. The van der Waals surface area contributed by atoms with Crippen molar-refractivity contribution in [3.05, 3.63) is 35.6 Å². The van der Waals surface area contributed by atoms with E-state index in [1.165, 1.54) is 44.2 Å². The molecule has 17 heavy (non-hydrogen) atoms. The molecule has 0 amide bonds. The fourth-order valence-corrected chi connectivity index (χ4v) is 2.78. The average Bonchev–Trinajstić information content (AvgIpc) is 2.33. The Kier molecular flexibility index (Phi) is 4.55.